The Hall–Kier alpha value is -1.22. The van der Waals surface area contributed by atoms with Gasteiger partial charge < -0.3 is 0 Å². The molecule has 0 saturated heterocycles. The van der Waals surface area contributed by atoms with Gasteiger partial charge >= 0.3 is 0 Å². The molecule has 0 aliphatic carbocycles. The monoisotopic (exact) mass is 282 g/mol. The van der Waals surface area contributed by atoms with Gasteiger partial charge in [0.25, 0.3) is 0 Å². The maximum absolute atomic E-state index is 13.0. The SMILES string of the molecule is Fc1ccc(-c2ccc(CBr)cc2)cc1F. The average molecular weight is 283 g/mol. The largest absolute Gasteiger partial charge is 0.204 e. The van der Waals surface area contributed by atoms with Crippen LogP contribution in [0.15, 0.2) is 42.5 Å². The van der Waals surface area contributed by atoms with Gasteiger partial charge in [-0.1, -0.05) is 46.3 Å². The molecule has 2 aromatic carbocycles. The molecule has 0 heterocycles. The number of alkyl halides is 1. The highest BCUT2D eigenvalue weighted by atomic mass is 79.9. The number of halogens is 3. The molecule has 0 N–H and O–H groups in total. The Morgan fingerprint density at radius 1 is 0.812 bits per heavy atom. The summed E-state index contributed by atoms with van der Waals surface area (Å²) in [4.78, 5) is 0. The van der Waals surface area contributed by atoms with Gasteiger partial charge in [-0.3, -0.25) is 0 Å². The quantitative estimate of drug-likeness (QED) is 0.710. The third-order valence-corrected chi connectivity index (χ3v) is 3.01. The number of hydrogen-bond acceptors (Lipinski definition) is 0. The predicted molar refractivity (Wildman–Crippen MR) is 64.4 cm³/mol. The molecule has 0 aliphatic heterocycles. The van der Waals surface area contributed by atoms with Gasteiger partial charge in [0.2, 0.25) is 0 Å². The average Bonchev–Trinajstić information content (AvgIpc) is 2.33. The normalized spacial score (nSPS) is 10.4. The Balaban J connectivity index is 2.38. The standard InChI is InChI=1S/C13H9BrF2/c14-8-9-1-3-10(4-2-9)11-5-6-12(15)13(16)7-11/h1-7H,8H2. The van der Waals surface area contributed by atoms with E-state index in [1.54, 1.807) is 6.07 Å². The second kappa shape index (κ2) is 4.74. The third-order valence-electron chi connectivity index (χ3n) is 2.36. The van der Waals surface area contributed by atoms with Crippen LogP contribution in [-0.2, 0) is 5.33 Å². The lowest BCUT2D eigenvalue weighted by atomic mass is 10.0. The molecule has 0 amide bonds. The molecule has 16 heavy (non-hydrogen) atoms. The molecule has 0 radical (unpaired) electrons. The lowest BCUT2D eigenvalue weighted by Gasteiger charge is -2.03. The summed E-state index contributed by atoms with van der Waals surface area (Å²) >= 11 is 3.35. The lowest BCUT2D eigenvalue weighted by Crippen LogP contribution is -1.85. The molecule has 0 nitrogen and oxygen atoms in total. The molecule has 3 heteroatoms. The summed E-state index contributed by atoms with van der Waals surface area (Å²) in [5, 5.41) is 0.783. The summed E-state index contributed by atoms with van der Waals surface area (Å²) in [6.07, 6.45) is 0. The van der Waals surface area contributed by atoms with Gasteiger partial charge in [0.15, 0.2) is 11.6 Å². The Morgan fingerprint density at radius 3 is 2.00 bits per heavy atom. The first-order chi connectivity index (χ1) is 7.70. The Morgan fingerprint density at radius 2 is 1.44 bits per heavy atom. The molecule has 0 aromatic heterocycles. The first-order valence-corrected chi connectivity index (χ1v) is 5.93. The minimum absolute atomic E-state index is 0.681. The van der Waals surface area contributed by atoms with E-state index in [-0.39, 0.29) is 0 Å². The van der Waals surface area contributed by atoms with Gasteiger partial charge in [-0.2, -0.15) is 0 Å². The van der Waals surface area contributed by atoms with Gasteiger partial charge in [-0.25, -0.2) is 8.78 Å². The van der Waals surface area contributed by atoms with E-state index in [1.807, 2.05) is 24.3 Å². The van der Waals surface area contributed by atoms with E-state index < -0.39 is 11.6 Å². The zero-order chi connectivity index (χ0) is 11.5. The Bertz CT molecular complexity index is 492. The van der Waals surface area contributed by atoms with Crippen LogP contribution in [0, 0.1) is 11.6 Å². The summed E-state index contributed by atoms with van der Waals surface area (Å²) in [5.41, 5.74) is 2.70. The first-order valence-electron chi connectivity index (χ1n) is 4.81. The number of benzene rings is 2. The van der Waals surface area contributed by atoms with Crippen molar-refractivity contribution in [2.45, 2.75) is 5.33 Å². The number of rotatable bonds is 2. The summed E-state index contributed by atoms with van der Waals surface area (Å²) in [6, 6.07) is 11.6. The van der Waals surface area contributed by atoms with Crippen molar-refractivity contribution in [2.75, 3.05) is 0 Å². The fourth-order valence-corrected chi connectivity index (χ4v) is 1.84. The fraction of sp³-hybridized carbons (Fsp3) is 0.0769. The highest BCUT2D eigenvalue weighted by molar-refractivity contribution is 9.08. The van der Waals surface area contributed by atoms with Gasteiger partial charge in [-0.05, 0) is 28.8 Å². The van der Waals surface area contributed by atoms with Crippen molar-refractivity contribution in [1.29, 1.82) is 0 Å². The van der Waals surface area contributed by atoms with Crippen LogP contribution in [0.25, 0.3) is 11.1 Å². The molecule has 0 saturated carbocycles. The van der Waals surface area contributed by atoms with E-state index >= 15 is 0 Å². The highest BCUT2D eigenvalue weighted by Crippen LogP contribution is 2.22. The fourth-order valence-electron chi connectivity index (χ4n) is 1.46. The summed E-state index contributed by atoms with van der Waals surface area (Å²) < 4.78 is 25.8. The minimum atomic E-state index is -0.819. The molecule has 0 atom stereocenters. The van der Waals surface area contributed by atoms with E-state index in [9.17, 15) is 8.78 Å². The molecule has 0 spiro atoms. The molecular weight excluding hydrogens is 274 g/mol. The van der Waals surface area contributed by atoms with Crippen LogP contribution in [0.1, 0.15) is 5.56 Å². The minimum Gasteiger partial charge on any atom is -0.204 e. The van der Waals surface area contributed by atoms with Gasteiger partial charge in [-0.15, -0.1) is 0 Å². The maximum atomic E-state index is 13.0. The van der Waals surface area contributed by atoms with Crippen LogP contribution in [0.5, 0.6) is 0 Å². The highest BCUT2D eigenvalue weighted by Gasteiger charge is 2.04. The molecule has 0 fully saturated rings. The molecule has 0 aliphatic rings. The third kappa shape index (κ3) is 2.30. The van der Waals surface area contributed by atoms with Crippen molar-refractivity contribution in [3.8, 4) is 11.1 Å². The predicted octanol–water partition coefficient (Wildman–Crippen LogP) is 4.53. The van der Waals surface area contributed by atoms with Gasteiger partial charge in [0.1, 0.15) is 0 Å². The van der Waals surface area contributed by atoms with Crippen LogP contribution < -0.4 is 0 Å². The van der Waals surface area contributed by atoms with Crippen molar-refractivity contribution in [2.24, 2.45) is 0 Å². The molecule has 2 rings (SSSR count). The Labute approximate surface area is 101 Å². The van der Waals surface area contributed by atoms with E-state index in [4.69, 9.17) is 0 Å². The molecule has 0 bridgehead atoms. The van der Waals surface area contributed by atoms with E-state index in [2.05, 4.69) is 15.9 Å². The van der Waals surface area contributed by atoms with Crippen LogP contribution in [0.3, 0.4) is 0 Å². The van der Waals surface area contributed by atoms with Crippen molar-refractivity contribution in [1.82, 2.24) is 0 Å². The topological polar surface area (TPSA) is 0 Å². The second-order valence-corrected chi connectivity index (χ2v) is 4.02. The summed E-state index contributed by atoms with van der Waals surface area (Å²) in [5.74, 6) is -1.64. The van der Waals surface area contributed by atoms with Gasteiger partial charge in [0, 0.05) is 5.33 Å². The molecule has 0 unspecified atom stereocenters. The van der Waals surface area contributed by atoms with Crippen molar-refractivity contribution in [3.63, 3.8) is 0 Å². The van der Waals surface area contributed by atoms with Crippen LogP contribution in [-0.4, -0.2) is 0 Å². The van der Waals surface area contributed by atoms with Gasteiger partial charge in [0.05, 0.1) is 0 Å². The Kier molecular flexibility index (Phi) is 3.34. The maximum Gasteiger partial charge on any atom is 0.159 e. The van der Waals surface area contributed by atoms with Crippen LogP contribution in [0.4, 0.5) is 8.78 Å². The zero-order valence-electron chi connectivity index (χ0n) is 8.38. The molecular formula is C13H9BrF2. The van der Waals surface area contributed by atoms with Crippen LogP contribution in [0.2, 0.25) is 0 Å². The molecule has 2 aromatic rings. The first kappa shape index (κ1) is 11.3. The van der Waals surface area contributed by atoms with E-state index in [0.717, 1.165) is 22.5 Å². The zero-order valence-corrected chi connectivity index (χ0v) is 9.97. The lowest BCUT2D eigenvalue weighted by molar-refractivity contribution is 0.509. The second-order valence-electron chi connectivity index (χ2n) is 3.46. The van der Waals surface area contributed by atoms with E-state index in [0.29, 0.717) is 5.56 Å². The van der Waals surface area contributed by atoms with Crippen molar-refractivity contribution < 1.29 is 8.78 Å². The van der Waals surface area contributed by atoms with E-state index in [1.165, 1.54) is 6.07 Å². The van der Waals surface area contributed by atoms with Crippen molar-refractivity contribution in [3.05, 3.63) is 59.7 Å². The molecule has 82 valence electrons. The smallest absolute Gasteiger partial charge is 0.159 e. The number of hydrogen-bond donors (Lipinski definition) is 0. The van der Waals surface area contributed by atoms with Crippen molar-refractivity contribution >= 4 is 15.9 Å². The summed E-state index contributed by atoms with van der Waals surface area (Å²) in [7, 11) is 0. The summed E-state index contributed by atoms with van der Waals surface area (Å²) in [6.45, 7) is 0. The van der Waals surface area contributed by atoms with Crippen LogP contribution >= 0.6 is 15.9 Å².